The molecule has 20 heavy (non-hydrogen) atoms. The van der Waals surface area contributed by atoms with Gasteiger partial charge in [0.25, 0.3) is 0 Å². The second kappa shape index (κ2) is 6.55. The van der Waals surface area contributed by atoms with Gasteiger partial charge in [0.2, 0.25) is 5.91 Å². The highest BCUT2D eigenvalue weighted by atomic mass is 16.4. The number of carboxylic acid groups (broad SMARTS) is 1. The van der Waals surface area contributed by atoms with Crippen LogP contribution in [0.1, 0.15) is 44.1 Å². The monoisotopic (exact) mass is 275 g/mol. The largest absolute Gasteiger partial charge is 0.481 e. The second-order valence-electron chi connectivity index (χ2n) is 5.63. The maximum atomic E-state index is 12.0. The Hall–Kier alpha value is -1.84. The van der Waals surface area contributed by atoms with Crippen LogP contribution in [0.2, 0.25) is 0 Å². The molecular formula is C16H21NO3. The average molecular weight is 275 g/mol. The molecular weight excluding hydrogens is 254 g/mol. The van der Waals surface area contributed by atoms with Crippen LogP contribution in [-0.2, 0) is 9.59 Å². The highest BCUT2D eigenvalue weighted by Gasteiger charge is 2.30. The van der Waals surface area contributed by atoms with E-state index >= 15 is 0 Å². The summed E-state index contributed by atoms with van der Waals surface area (Å²) >= 11 is 0. The summed E-state index contributed by atoms with van der Waals surface area (Å²) in [7, 11) is 0. The van der Waals surface area contributed by atoms with Gasteiger partial charge in [0, 0.05) is 12.5 Å². The first-order valence-electron chi connectivity index (χ1n) is 7.13. The summed E-state index contributed by atoms with van der Waals surface area (Å²) in [6.45, 7) is 2.03. The molecule has 1 aliphatic carbocycles. The molecule has 108 valence electrons. The Labute approximate surface area is 119 Å². The molecule has 0 aromatic heterocycles. The van der Waals surface area contributed by atoms with E-state index in [1.165, 1.54) is 0 Å². The maximum Gasteiger partial charge on any atom is 0.306 e. The number of carboxylic acids is 1. The van der Waals surface area contributed by atoms with Crippen LogP contribution in [0, 0.1) is 5.92 Å². The SMILES string of the molecule is C[C@H](CC(=O)N[C@H]1CC[C@H](C(=O)O)C1)c1ccccc1. The lowest BCUT2D eigenvalue weighted by atomic mass is 9.97. The summed E-state index contributed by atoms with van der Waals surface area (Å²) in [5.74, 6) is -0.864. The number of hydrogen-bond acceptors (Lipinski definition) is 2. The molecule has 1 saturated carbocycles. The number of amides is 1. The van der Waals surface area contributed by atoms with E-state index in [2.05, 4.69) is 5.32 Å². The smallest absolute Gasteiger partial charge is 0.306 e. The van der Waals surface area contributed by atoms with Gasteiger partial charge in [-0.1, -0.05) is 37.3 Å². The number of carbonyl (C=O) groups excluding carboxylic acids is 1. The van der Waals surface area contributed by atoms with Gasteiger partial charge in [0.1, 0.15) is 0 Å². The molecule has 2 rings (SSSR count). The van der Waals surface area contributed by atoms with Gasteiger partial charge in [-0.3, -0.25) is 9.59 Å². The van der Waals surface area contributed by atoms with Crippen molar-refractivity contribution in [1.82, 2.24) is 5.32 Å². The predicted octanol–water partition coefficient (Wildman–Crippen LogP) is 2.55. The van der Waals surface area contributed by atoms with Crippen LogP contribution < -0.4 is 5.32 Å². The van der Waals surface area contributed by atoms with E-state index in [-0.39, 0.29) is 23.8 Å². The molecule has 1 aromatic rings. The van der Waals surface area contributed by atoms with E-state index in [1.54, 1.807) is 0 Å². The Morgan fingerprint density at radius 1 is 1.30 bits per heavy atom. The molecule has 1 aliphatic rings. The number of hydrogen-bond donors (Lipinski definition) is 2. The van der Waals surface area contributed by atoms with Crippen molar-refractivity contribution in [3.05, 3.63) is 35.9 Å². The minimum atomic E-state index is -0.751. The van der Waals surface area contributed by atoms with Gasteiger partial charge in [-0.05, 0) is 30.7 Å². The van der Waals surface area contributed by atoms with Crippen molar-refractivity contribution in [2.45, 2.75) is 44.6 Å². The molecule has 1 fully saturated rings. The summed E-state index contributed by atoms with van der Waals surface area (Å²) in [5, 5.41) is 11.9. The zero-order valence-corrected chi connectivity index (χ0v) is 11.7. The molecule has 4 nitrogen and oxygen atoms in total. The van der Waals surface area contributed by atoms with E-state index in [0.29, 0.717) is 19.3 Å². The molecule has 0 saturated heterocycles. The van der Waals surface area contributed by atoms with Crippen LogP contribution in [0.5, 0.6) is 0 Å². The Morgan fingerprint density at radius 3 is 2.60 bits per heavy atom. The molecule has 1 amide bonds. The first kappa shape index (κ1) is 14.6. The minimum absolute atomic E-state index is 0.0115. The van der Waals surface area contributed by atoms with Crippen molar-refractivity contribution in [3.8, 4) is 0 Å². The molecule has 0 spiro atoms. The van der Waals surface area contributed by atoms with E-state index < -0.39 is 5.97 Å². The standard InChI is InChI=1S/C16H21NO3/c1-11(12-5-3-2-4-6-12)9-15(18)17-14-8-7-13(10-14)16(19)20/h2-6,11,13-14H,7-10H2,1H3,(H,17,18)(H,19,20)/t11-,13+,14+/m1/s1. The molecule has 1 aromatic carbocycles. The third-order valence-corrected chi connectivity index (χ3v) is 4.01. The lowest BCUT2D eigenvalue weighted by molar-refractivity contribution is -0.141. The quantitative estimate of drug-likeness (QED) is 0.868. The summed E-state index contributed by atoms with van der Waals surface area (Å²) in [5.41, 5.74) is 1.15. The zero-order valence-electron chi connectivity index (χ0n) is 11.7. The summed E-state index contributed by atoms with van der Waals surface area (Å²) < 4.78 is 0. The lowest BCUT2D eigenvalue weighted by Gasteiger charge is -2.15. The molecule has 0 unspecified atom stereocenters. The number of benzene rings is 1. The molecule has 0 aliphatic heterocycles. The van der Waals surface area contributed by atoms with Crippen LogP contribution in [0.25, 0.3) is 0 Å². The predicted molar refractivity (Wildman–Crippen MR) is 76.4 cm³/mol. The second-order valence-corrected chi connectivity index (χ2v) is 5.63. The number of aliphatic carboxylic acids is 1. The molecule has 4 heteroatoms. The van der Waals surface area contributed by atoms with E-state index in [9.17, 15) is 9.59 Å². The zero-order chi connectivity index (χ0) is 14.5. The fourth-order valence-corrected chi connectivity index (χ4v) is 2.80. The van der Waals surface area contributed by atoms with Crippen molar-refractivity contribution in [2.75, 3.05) is 0 Å². The van der Waals surface area contributed by atoms with Gasteiger partial charge in [-0.2, -0.15) is 0 Å². The Balaban J connectivity index is 1.80. The molecule has 0 radical (unpaired) electrons. The van der Waals surface area contributed by atoms with Crippen molar-refractivity contribution >= 4 is 11.9 Å². The third kappa shape index (κ3) is 3.83. The van der Waals surface area contributed by atoms with Crippen LogP contribution in [-0.4, -0.2) is 23.0 Å². The Bertz CT molecular complexity index is 472. The first-order chi connectivity index (χ1) is 9.56. The number of carbonyl (C=O) groups is 2. The van der Waals surface area contributed by atoms with Crippen molar-refractivity contribution in [2.24, 2.45) is 5.92 Å². The normalized spacial score (nSPS) is 23.2. The maximum absolute atomic E-state index is 12.0. The highest BCUT2D eigenvalue weighted by molar-refractivity contribution is 5.77. The molecule has 2 N–H and O–H groups in total. The summed E-state index contributed by atoms with van der Waals surface area (Å²) in [4.78, 5) is 22.9. The van der Waals surface area contributed by atoms with Crippen LogP contribution in [0.4, 0.5) is 0 Å². The van der Waals surface area contributed by atoms with Gasteiger partial charge in [0.15, 0.2) is 0 Å². The summed E-state index contributed by atoms with van der Waals surface area (Å²) in [6.07, 6.45) is 2.43. The lowest BCUT2D eigenvalue weighted by Crippen LogP contribution is -2.33. The fraction of sp³-hybridized carbons (Fsp3) is 0.500. The van der Waals surface area contributed by atoms with Crippen LogP contribution in [0.15, 0.2) is 30.3 Å². The summed E-state index contributed by atoms with van der Waals surface area (Å²) in [6, 6.07) is 9.96. The van der Waals surface area contributed by atoms with E-state index in [4.69, 9.17) is 5.11 Å². The van der Waals surface area contributed by atoms with Crippen molar-refractivity contribution in [1.29, 1.82) is 0 Å². The molecule has 0 bridgehead atoms. The van der Waals surface area contributed by atoms with E-state index in [0.717, 1.165) is 12.0 Å². The molecule has 3 atom stereocenters. The van der Waals surface area contributed by atoms with Gasteiger partial charge in [-0.25, -0.2) is 0 Å². The van der Waals surface area contributed by atoms with Crippen molar-refractivity contribution < 1.29 is 14.7 Å². The van der Waals surface area contributed by atoms with Crippen LogP contribution >= 0.6 is 0 Å². The Kier molecular flexibility index (Phi) is 4.77. The topological polar surface area (TPSA) is 66.4 Å². The van der Waals surface area contributed by atoms with E-state index in [1.807, 2.05) is 37.3 Å². The van der Waals surface area contributed by atoms with Gasteiger partial charge >= 0.3 is 5.97 Å². The minimum Gasteiger partial charge on any atom is -0.481 e. The molecule has 0 heterocycles. The first-order valence-corrected chi connectivity index (χ1v) is 7.13. The third-order valence-electron chi connectivity index (χ3n) is 4.01. The highest BCUT2D eigenvalue weighted by Crippen LogP contribution is 2.26. The van der Waals surface area contributed by atoms with Crippen molar-refractivity contribution in [3.63, 3.8) is 0 Å². The van der Waals surface area contributed by atoms with Gasteiger partial charge in [-0.15, -0.1) is 0 Å². The fourth-order valence-electron chi connectivity index (χ4n) is 2.80. The number of nitrogens with one attached hydrogen (secondary N) is 1. The average Bonchev–Trinajstić information content (AvgIpc) is 2.88. The van der Waals surface area contributed by atoms with Gasteiger partial charge in [0.05, 0.1) is 5.92 Å². The number of rotatable bonds is 5. The Morgan fingerprint density at radius 2 is 2.00 bits per heavy atom. The van der Waals surface area contributed by atoms with Gasteiger partial charge < -0.3 is 10.4 Å². The van der Waals surface area contributed by atoms with Crippen LogP contribution in [0.3, 0.4) is 0 Å².